The molecule has 1 heterocycles. The van der Waals surface area contributed by atoms with Gasteiger partial charge in [-0.2, -0.15) is 0 Å². The van der Waals surface area contributed by atoms with E-state index in [9.17, 15) is 8.78 Å². The number of ether oxygens (including phenoxy) is 1. The van der Waals surface area contributed by atoms with Crippen molar-refractivity contribution in [3.63, 3.8) is 0 Å². The van der Waals surface area contributed by atoms with Crippen molar-refractivity contribution in [1.29, 1.82) is 0 Å². The van der Waals surface area contributed by atoms with Gasteiger partial charge in [-0.15, -0.1) is 0 Å². The van der Waals surface area contributed by atoms with E-state index >= 15 is 0 Å². The number of halogens is 2. The molecule has 1 atom stereocenters. The molecule has 1 aromatic carbocycles. The van der Waals surface area contributed by atoms with Gasteiger partial charge in [0.1, 0.15) is 17.4 Å². The summed E-state index contributed by atoms with van der Waals surface area (Å²) >= 11 is 0. The van der Waals surface area contributed by atoms with E-state index in [0.717, 1.165) is 25.9 Å². The molecule has 0 amide bonds. The quantitative estimate of drug-likeness (QED) is 0.878. The van der Waals surface area contributed by atoms with E-state index in [1.807, 2.05) is 0 Å². The Morgan fingerprint density at radius 3 is 2.59 bits per heavy atom. The Balaban J connectivity index is 2.14. The highest BCUT2D eigenvalue weighted by Crippen LogP contribution is 2.24. The summed E-state index contributed by atoms with van der Waals surface area (Å²) in [7, 11) is 1.40. The SMILES string of the molecule is COc1cc(F)c(CC2CCCNC2)c(F)c1. The fourth-order valence-electron chi connectivity index (χ4n) is 2.28. The normalized spacial score (nSPS) is 20.3. The molecule has 94 valence electrons. The van der Waals surface area contributed by atoms with Crippen LogP contribution in [0.1, 0.15) is 18.4 Å². The molecule has 0 aliphatic carbocycles. The predicted octanol–water partition coefficient (Wildman–Crippen LogP) is 2.52. The van der Waals surface area contributed by atoms with Crippen LogP contribution in [0, 0.1) is 17.6 Å². The second-order valence-electron chi connectivity index (χ2n) is 4.49. The molecular formula is C13H17F2NO. The molecule has 0 saturated carbocycles. The number of piperidine rings is 1. The molecule has 17 heavy (non-hydrogen) atoms. The molecule has 0 aromatic heterocycles. The van der Waals surface area contributed by atoms with Crippen LogP contribution in [0.5, 0.6) is 5.75 Å². The summed E-state index contributed by atoms with van der Waals surface area (Å²) in [5, 5.41) is 3.25. The Morgan fingerprint density at radius 1 is 1.35 bits per heavy atom. The van der Waals surface area contributed by atoms with Gasteiger partial charge in [0.05, 0.1) is 7.11 Å². The molecule has 0 radical (unpaired) electrons. The van der Waals surface area contributed by atoms with Crippen LogP contribution in [-0.4, -0.2) is 20.2 Å². The molecule has 1 saturated heterocycles. The lowest BCUT2D eigenvalue weighted by atomic mass is 9.92. The predicted molar refractivity (Wildman–Crippen MR) is 62.2 cm³/mol. The second kappa shape index (κ2) is 5.45. The molecule has 2 nitrogen and oxygen atoms in total. The number of hydrogen-bond acceptors (Lipinski definition) is 2. The minimum Gasteiger partial charge on any atom is -0.497 e. The van der Waals surface area contributed by atoms with E-state index < -0.39 is 11.6 Å². The Kier molecular flexibility index (Phi) is 3.94. The van der Waals surface area contributed by atoms with Crippen molar-refractivity contribution in [2.45, 2.75) is 19.3 Å². The molecule has 0 bridgehead atoms. The van der Waals surface area contributed by atoms with Crippen molar-refractivity contribution in [2.24, 2.45) is 5.92 Å². The van der Waals surface area contributed by atoms with E-state index in [1.54, 1.807) is 0 Å². The lowest BCUT2D eigenvalue weighted by Crippen LogP contribution is -2.31. The first-order chi connectivity index (χ1) is 8.20. The molecule has 1 N–H and O–H groups in total. The maximum Gasteiger partial charge on any atom is 0.133 e. The first-order valence-corrected chi connectivity index (χ1v) is 5.93. The minimum absolute atomic E-state index is 0.180. The van der Waals surface area contributed by atoms with Gasteiger partial charge in [0.25, 0.3) is 0 Å². The van der Waals surface area contributed by atoms with Crippen LogP contribution in [0.2, 0.25) is 0 Å². The van der Waals surface area contributed by atoms with Crippen LogP contribution in [0.15, 0.2) is 12.1 Å². The molecule has 1 aliphatic rings. The van der Waals surface area contributed by atoms with E-state index in [-0.39, 0.29) is 11.3 Å². The van der Waals surface area contributed by atoms with Crippen molar-refractivity contribution in [3.05, 3.63) is 29.3 Å². The summed E-state index contributed by atoms with van der Waals surface area (Å²) in [4.78, 5) is 0. The summed E-state index contributed by atoms with van der Waals surface area (Å²) in [6, 6.07) is 2.49. The largest absolute Gasteiger partial charge is 0.497 e. The zero-order valence-electron chi connectivity index (χ0n) is 9.93. The van der Waals surface area contributed by atoms with Crippen LogP contribution in [-0.2, 0) is 6.42 Å². The van der Waals surface area contributed by atoms with Gasteiger partial charge in [0.2, 0.25) is 0 Å². The Hall–Kier alpha value is -1.16. The van der Waals surface area contributed by atoms with Crippen LogP contribution in [0.25, 0.3) is 0 Å². The highest BCUT2D eigenvalue weighted by atomic mass is 19.1. The average Bonchev–Trinajstić information content (AvgIpc) is 2.35. The zero-order chi connectivity index (χ0) is 12.3. The van der Waals surface area contributed by atoms with Crippen molar-refractivity contribution in [2.75, 3.05) is 20.2 Å². The Morgan fingerprint density at radius 2 is 2.06 bits per heavy atom. The molecule has 2 rings (SSSR count). The fourth-order valence-corrected chi connectivity index (χ4v) is 2.28. The number of hydrogen-bond donors (Lipinski definition) is 1. The third-order valence-electron chi connectivity index (χ3n) is 3.24. The summed E-state index contributed by atoms with van der Waals surface area (Å²) in [6.07, 6.45) is 2.55. The fraction of sp³-hybridized carbons (Fsp3) is 0.538. The van der Waals surface area contributed by atoms with Crippen molar-refractivity contribution in [1.82, 2.24) is 5.32 Å². The molecule has 0 spiro atoms. The third kappa shape index (κ3) is 2.94. The highest BCUT2D eigenvalue weighted by Gasteiger charge is 2.19. The van der Waals surface area contributed by atoms with Gasteiger partial charge >= 0.3 is 0 Å². The summed E-state index contributed by atoms with van der Waals surface area (Å²) in [5.41, 5.74) is 0.180. The molecular weight excluding hydrogens is 224 g/mol. The van der Waals surface area contributed by atoms with Crippen LogP contribution in [0.3, 0.4) is 0 Å². The van der Waals surface area contributed by atoms with Crippen molar-refractivity contribution >= 4 is 0 Å². The van der Waals surface area contributed by atoms with Gasteiger partial charge in [0.15, 0.2) is 0 Å². The lowest BCUT2D eigenvalue weighted by Gasteiger charge is -2.23. The first-order valence-electron chi connectivity index (χ1n) is 5.93. The number of methoxy groups -OCH3 is 1. The number of rotatable bonds is 3. The zero-order valence-corrected chi connectivity index (χ0v) is 9.93. The Bertz CT molecular complexity index is 366. The monoisotopic (exact) mass is 241 g/mol. The number of nitrogens with one attached hydrogen (secondary N) is 1. The van der Waals surface area contributed by atoms with Gasteiger partial charge in [-0.05, 0) is 38.3 Å². The minimum atomic E-state index is -0.507. The maximum absolute atomic E-state index is 13.7. The van der Waals surface area contributed by atoms with Gasteiger partial charge in [0, 0.05) is 17.7 Å². The maximum atomic E-state index is 13.7. The van der Waals surface area contributed by atoms with Crippen molar-refractivity contribution < 1.29 is 13.5 Å². The average molecular weight is 241 g/mol. The van der Waals surface area contributed by atoms with Crippen LogP contribution in [0.4, 0.5) is 8.78 Å². The topological polar surface area (TPSA) is 21.3 Å². The Labute approximate surface area is 100.0 Å². The summed E-state index contributed by atoms with van der Waals surface area (Å²) in [5.74, 6) is -0.466. The third-order valence-corrected chi connectivity index (χ3v) is 3.24. The van der Waals surface area contributed by atoms with E-state index in [2.05, 4.69) is 5.32 Å². The van der Waals surface area contributed by atoms with Gasteiger partial charge in [-0.25, -0.2) is 8.78 Å². The molecule has 1 aromatic rings. The van der Waals surface area contributed by atoms with Gasteiger partial charge < -0.3 is 10.1 Å². The van der Waals surface area contributed by atoms with Crippen LogP contribution >= 0.6 is 0 Å². The smallest absolute Gasteiger partial charge is 0.133 e. The molecule has 1 unspecified atom stereocenters. The van der Waals surface area contributed by atoms with Gasteiger partial charge in [-0.1, -0.05) is 0 Å². The highest BCUT2D eigenvalue weighted by molar-refractivity contribution is 5.30. The lowest BCUT2D eigenvalue weighted by molar-refractivity contribution is 0.364. The summed E-state index contributed by atoms with van der Waals surface area (Å²) in [6.45, 7) is 1.84. The molecule has 1 fully saturated rings. The van der Waals surface area contributed by atoms with E-state index in [1.165, 1.54) is 19.2 Å². The standard InChI is InChI=1S/C13H17F2NO/c1-17-10-6-12(14)11(13(15)7-10)5-9-3-2-4-16-8-9/h6-7,9,16H,2-5,8H2,1H3. The molecule has 4 heteroatoms. The van der Waals surface area contributed by atoms with Gasteiger partial charge in [-0.3, -0.25) is 0 Å². The van der Waals surface area contributed by atoms with Crippen LogP contribution < -0.4 is 10.1 Å². The summed E-state index contributed by atoms with van der Waals surface area (Å²) < 4.78 is 32.3. The molecule has 1 aliphatic heterocycles. The van der Waals surface area contributed by atoms with E-state index in [4.69, 9.17) is 4.74 Å². The number of benzene rings is 1. The van der Waals surface area contributed by atoms with E-state index in [0.29, 0.717) is 12.3 Å². The second-order valence-corrected chi connectivity index (χ2v) is 4.49. The van der Waals surface area contributed by atoms with Crippen molar-refractivity contribution in [3.8, 4) is 5.75 Å². The first kappa shape index (κ1) is 12.3.